The first-order valence-electron chi connectivity index (χ1n) is 3.72. The molecule has 0 N–H and O–H groups in total. The summed E-state index contributed by atoms with van der Waals surface area (Å²) in [5.74, 6) is 0.285. The number of Topliss-reactive ketones (excluding diaryl/α,β-unsaturated/α-hetero) is 1. The number of carbonyl (C=O) groups excluding carboxylic acids is 1. The van der Waals surface area contributed by atoms with Crippen LogP contribution in [0.15, 0.2) is 0 Å². The largest absolute Gasteiger partial charge is 0.298 e. The van der Waals surface area contributed by atoms with E-state index in [-0.39, 0.29) is 11.3 Å². The van der Waals surface area contributed by atoms with Gasteiger partial charge in [0.05, 0.1) is 5.54 Å². The third-order valence-electron chi connectivity index (χ3n) is 2.89. The van der Waals surface area contributed by atoms with Gasteiger partial charge in [-0.05, 0) is 34.2 Å². The Morgan fingerprint density at radius 2 is 2.20 bits per heavy atom. The second-order valence-corrected chi connectivity index (χ2v) is 3.49. The van der Waals surface area contributed by atoms with E-state index < -0.39 is 0 Å². The monoisotopic (exact) mass is 141 g/mol. The van der Waals surface area contributed by atoms with Crippen molar-refractivity contribution in [1.29, 1.82) is 0 Å². The molecule has 1 fully saturated rings. The van der Waals surface area contributed by atoms with E-state index in [0.717, 1.165) is 6.42 Å². The molecule has 0 spiro atoms. The standard InChI is InChI=1S/C8H15NO/c1-6-5-8(3,7(2)10)9(6)4/h6H,5H2,1-4H3. The molecule has 10 heavy (non-hydrogen) atoms. The summed E-state index contributed by atoms with van der Waals surface area (Å²) < 4.78 is 0. The summed E-state index contributed by atoms with van der Waals surface area (Å²) in [6.45, 7) is 5.82. The maximum absolute atomic E-state index is 11.1. The number of carbonyl (C=O) groups is 1. The van der Waals surface area contributed by atoms with Gasteiger partial charge in [0.2, 0.25) is 0 Å². The van der Waals surface area contributed by atoms with Crippen LogP contribution in [0.5, 0.6) is 0 Å². The lowest BCUT2D eigenvalue weighted by Gasteiger charge is -2.52. The molecule has 0 radical (unpaired) electrons. The number of ketones is 1. The second-order valence-electron chi connectivity index (χ2n) is 3.49. The lowest BCUT2D eigenvalue weighted by Crippen LogP contribution is -2.64. The van der Waals surface area contributed by atoms with Crippen LogP contribution in [0.4, 0.5) is 0 Å². The van der Waals surface area contributed by atoms with Gasteiger partial charge in [0.25, 0.3) is 0 Å². The molecule has 1 rings (SSSR count). The SMILES string of the molecule is CC(=O)C1(C)CC(C)N1C. The Labute approximate surface area is 62.2 Å². The zero-order chi connectivity index (χ0) is 7.94. The summed E-state index contributed by atoms with van der Waals surface area (Å²) in [4.78, 5) is 13.2. The van der Waals surface area contributed by atoms with Crippen molar-refractivity contribution in [3.8, 4) is 0 Å². The highest BCUT2D eigenvalue weighted by Crippen LogP contribution is 2.34. The maximum atomic E-state index is 11.1. The van der Waals surface area contributed by atoms with Gasteiger partial charge < -0.3 is 0 Å². The van der Waals surface area contributed by atoms with Gasteiger partial charge in [-0.1, -0.05) is 0 Å². The van der Waals surface area contributed by atoms with Gasteiger partial charge in [-0.15, -0.1) is 0 Å². The number of likely N-dealkylation sites (N-methyl/N-ethyl adjacent to an activating group) is 1. The van der Waals surface area contributed by atoms with Crippen LogP contribution in [-0.2, 0) is 4.79 Å². The van der Waals surface area contributed by atoms with Crippen molar-refractivity contribution in [2.75, 3.05) is 7.05 Å². The molecular weight excluding hydrogens is 126 g/mol. The Hall–Kier alpha value is -0.370. The van der Waals surface area contributed by atoms with Gasteiger partial charge in [0.1, 0.15) is 5.78 Å². The van der Waals surface area contributed by atoms with E-state index in [9.17, 15) is 4.79 Å². The van der Waals surface area contributed by atoms with Gasteiger partial charge in [-0.25, -0.2) is 0 Å². The van der Waals surface area contributed by atoms with Crippen LogP contribution in [-0.4, -0.2) is 29.3 Å². The molecule has 58 valence electrons. The Balaban J connectivity index is 2.67. The van der Waals surface area contributed by atoms with E-state index in [0.29, 0.717) is 6.04 Å². The minimum atomic E-state index is -0.153. The van der Waals surface area contributed by atoms with Gasteiger partial charge in [-0.2, -0.15) is 0 Å². The van der Waals surface area contributed by atoms with Crippen LogP contribution in [0.3, 0.4) is 0 Å². The molecule has 0 aromatic carbocycles. The first kappa shape index (κ1) is 7.73. The fourth-order valence-corrected chi connectivity index (χ4v) is 1.62. The van der Waals surface area contributed by atoms with Crippen molar-refractivity contribution < 1.29 is 4.79 Å². The average molecular weight is 141 g/mol. The number of hydrogen-bond donors (Lipinski definition) is 0. The highest BCUT2D eigenvalue weighted by atomic mass is 16.1. The quantitative estimate of drug-likeness (QED) is 0.544. The van der Waals surface area contributed by atoms with Crippen LogP contribution in [0, 0.1) is 0 Å². The third kappa shape index (κ3) is 0.788. The topological polar surface area (TPSA) is 20.3 Å². The summed E-state index contributed by atoms with van der Waals surface area (Å²) in [5.41, 5.74) is -0.153. The summed E-state index contributed by atoms with van der Waals surface area (Å²) in [5, 5.41) is 0. The Morgan fingerprint density at radius 1 is 1.70 bits per heavy atom. The molecule has 0 amide bonds. The molecule has 2 atom stereocenters. The highest BCUT2D eigenvalue weighted by molar-refractivity contribution is 5.86. The molecule has 1 aliphatic heterocycles. The smallest absolute Gasteiger partial charge is 0.149 e. The molecule has 0 saturated carbocycles. The molecule has 1 heterocycles. The summed E-state index contributed by atoms with van der Waals surface area (Å²) in [7, 11) is 2.01. The predicted molar refractivity (Wildman–Crippen MR) is 40.9 cm³/mol. The average Bonchev–Trinajstić information content (AvgIpc) is 1.87. The van der Waals surface area contributed by atoms with E-state index in [1.165, 1.54) is 0 Å². The van der Waals surface area contributed by atoms with Gasteiger partial charge in [0, 0.05) is 6.04 Å². The number of rotatable bonds is 1. The van der Waals surface area contributed by atoms with Crippen LogP contribution < -0.4 is 0 Å². The number of hydrogen-bond acceptors (Lipinski definition) is 2. The molecule has 2 nitrogen and oxygen atoms in total. The van der Waals surface area contributed by atoms with Crippen molar-refractivity contribution in [3.05, 3.63) is 0 Å². The van der Waals surface area contributed by atoms with Crippen LogP contribution in [0.2, 0.25) is 0 Å². The van der Waals surface area contributed by atoms with Crippen molar-refractivity contribution in [2.45, 2.75) is 38.8 Å². The second kappa shape index (κ2) is 2.06. The van der Waals surface area contributed by atoms with Crippen LogP contribution in [0.25, 0.3) is 0 Å². The fraction of sp³-hybridized carbons (Fsp3) is 0.875. The van der Waals surface area contributed by atoms with Crippen LogP contribution in [0.1, 0.15) is 27.2 Å². The van der Waals surface area contributed by atoms with E-state index in [1.807, 2.05) is 14.0 Å². The molecule has 0 aliphatic carbocycles. The zero-order valence-corrected chi connectivity index (χ0v) is 7.14. The third-order valence-corrected chi connectivity index (χ3v) is 2.89. The molecule has 0 aromatic rings. The number of likely N-dealkylation sites (tertiary alicyclic amines) is 1. The van der Waals surface area contributed by atoms with E-state index in [2.05, 4.69) is 11.8 Å². The predicted octanol–water partition coefficient (Wildman–Crippen LogP) is 1.06. The van der Waals surface area contributed by atoms with Crippen molar-refractivity contribution in [2.24, 2.45) is 0 Å². The Morgan fingerprint density at radius 3 is 2.30 bits per heavy atom. The highest BCUT2D eigenvalue weighted by Gasteiger charge is 2.46. The lowest BCUT2D eigenvalue weighted by atomic mass is 9.78. The van der Waals surface area contributed by atoms with Crippen molar-refractivity contribution in [1.82, 2.24) is 4.90 Å². The number of nitrogens with zero attached hydrogens (tertiary/aromatic N) is 1. The van der Waals surface area contributed by atoms with E-state index >= 15 is 0 Å². The molecule has 2 unspecified atom stereocenters. The molecule has 0 bridgehead atoms. The first-order valence-corrected chi connectivity index (χ1v) is 3.72. The van der Waals surface area contributed by atoms with Crippen molar-refractivity contribution >= 4 is 5.78 Å². The maximum Gasteiger partial charge on any atom is 0.149 e. The van der Waals surface area contributed by atoms with Gasteiger partial charge in [-0.3, -0.25) is 9.69 Å². The minimum Gasteiger partial charge on any atom is -0.298 e. The normalized spacial score (nSPS) is 41.0. The summed E-state index contributed by atoms with van der Waals surface area (Å²) >= 11 is 0. The molecule has 1 aliphatic rings. The van der Waals surface area contributed by atoms with Crippen LogP contribution >= 0.6 is 0 Å². The molecule has 1 saturated heterocycles. The van der Waals surface area contributed by atoms with E-state index in [1.54, 1.807) is 6.92 Å². The first-order chi connectivity index (χ1) is 4.48. The Kier molecular flexibility index (Phi) is 1.59. The van der Waals surface area contributed by atoms with Gasteiger partial charge >= 0.3 is 0 Å². The fourth-order valence-electron chi connectivity index (χ4n) is 1.62. The lowest BCUT2D eigenvalue weighted by molar-refractivity contribution is -0.139. The van der Waals surface area contributed by atoms with Crippen molar-refractivity contribution in [3.63, 3.8) is 0 Å². The summed E-state index contributed by atoms with van der Waals surface area (Å²) in [6, 6.07) is 0.578. The Bertz CT molecular complexity index is 167. The van der Waals surface area contributed by atoms with Gasteiger partial charge in [0.15, 0.2) is 0 Å². The molecule has 0 aromatic heterocycles. The summed E-state index contributed by atoms with van der Waals surface area (Å²) in [6.07, 6.45) is 1.01. The molecule has 2 heteroatoms. The minimum absolute atomic E-state index is 0.153. The molecular formula is C8H15NO. The van der Waals surface area contributed by atoms with E-state index in [4.69, 9.17) is 0 Å². The zero-order valence-electron chi connectivity index (χ0n) is 7.14.